The molecule has 0 unspecified atom stereocenters. The minimum atomic E-state index is -0.441. The largest absolute Gasteiger partial charge is 0.454 e. The molecule has 3 heterocycles. The van der Waals surface area contributed by atoms with Crippen LogP contribution in [0.2, 0.25) is 0 Å². The Morgan fingerprint density at radius 2 is 1.91 bits per heavy atom. The number of aryl methyl sites for hydroxylation is 1. The van der Waals surface area contributed by atoms with E-state index in [9.17, 15) is 9.18 Å². The minimum absolute atomic E-state index is 0.0457. The van der Waals surface area contributed by atoms with E-state index in [1.807, 2.05) is 38.1 Å². The Morgan fingerprint density at radius 1 is 1.09 bits per heavy atom. The van der Waals surface area contributed by atoms with E-state index in [1.165, 1.54) is 6.07 Å². The van der Waals surface area contributed by atoms with Crippen LogP contribution in [0.25, 0.3) is 11.5 Å². The zero-order valence-electron chi connectivity index (χ0n) is 18.0. The molecule has 4 aromatic rings. The van der Waals surface area contributed by atoms with Crippen LogP contribution in [0.4, 0.5) is 4.39 Å². The third-order valence-corrected chi connectivity index (χ3v) is 6.31. The van der Waals surface area contributed by atoms with Crippen molar-refractivity contribution in [1.82, 2.24) is 14.8 Å². The highest BCUT2D eigenvalue weighted by atomic mass is 32.2. The van der Waals surface area contributed by atoms with Crippen LogP contribution in [-0.2, 0) is 6.54 Å². The summed E-state index contributed by atoms with van der Waals surface area (Å²) in [5.41, 5.74) is 3.80. The van der Waals surface area contributed by atoms with Crippen LogP contribution in [0.15, 0.2) is 58.2 Å². The molecule has 1 aliphatic heterocycles. The van der Waals surface area contributed by atoms with Gasteiger partial charge in [0.2, 0.25) is 6.79 Å². The van der Waals surface area contributed by atoms with Gasteiger partial charge in [0.15, 0.2) is 17.3 Å². The molecule has 9 heteroatoms. The van der Waals surface area contributed by atoms with Crippen molar-refractivity contribution in [2.45, 2.75) is 25.6 Å². The van der Waals surface area contributed by atoms with E-state index in [-0.39, 0.29) is 35.0 Å². The zero-order chi connectivity index (χ0) is 22.9. The van der Waals surface area contributed by atoms with E-state index in [1.54, 1.807) is 18.2 Å². The van der Waals surface area contributed by atoms with Crippen molar-refractivity contribution in [3.63, 3.8) is 0 Å². The summed E-state index contributed by atoms with van der Waals surface area (Å²) in [6.07, 6.45) is 0. The summed E-state index contributed by atoms with van der Waals surface area (Å²) in [7, 11) is 0. The van der Waals surface area contributed by atoms with Gasteiger partial charge in [-0.25, -0.2) is 4.39 Å². The van der Waals surface area contributed by atoms with Gasteiger partial charge in [-0.1, -0.05) is 30.0 Å². The van der Waals surface area contributed by atoms with Crippen molar-refractivity contribution >= 4 is 17.5 Å². The lowest BCUT2D eigenvalue weighted by Crippen LogP contribution is -2.07. The van der Waals surface area contributed by atoms with Gasteiger partial charge >= 0.3 is 0 Å². The number of hydrogen-bond donors (Lipinski definition) is 0. The van der Waals surface area contributed by atoms with Gasteiger partial charge in [0.1, 0.15) is 5.82 Å². The highest BCUT2D eigenvalue weighted by molar-refractivity contribution is 7.99. The Balaban J connectivity index is 1.27. The number of ketones is 1. The van der Waals surface area contributed by atoms with Crippen molar-refractivity contribution in [1.29, 1.82) is 0 Å². The first-order valence-corrected chi connectivity index (χ1v) is 11.3. The fourth-order valence-electron chi connectivity index (χ4n) is 3.77. The molecule has 0 saturated carbocycles. The summed E-state index contributed by atoms with van der Waals surface area (Å²) in [6.45, 7) is 4.76. The average Bonchev–Trinajstić information content (AvgIpc) is 3.53. The number of fused-ring (bicyclic) bond motifs is 1. The number of hydrogen-bond acceptors (Lipinski definition) is 7. The van der Waals surface area contributed by atoms with Gasteiger partial charge in [0.25, 0.3) is 11.1 Å². The smallest absolute Gasteiger partial charge is 0.277 e. The Labute approximate surface area is 193 Å². The Hall–Kier alpha value is -3.59. The summed E-state index contributed by atoms with van der Waals surface area (Å²) in [5, 5.41) is 8.04. The van der Waals surface area contributed by atoms with Crippen molar-refractivity contribution in [2.24, 2.45) is 0 Å². The lowest BCUT2D eigenvalue weighted by atomic mass is 10.1. The molecule has 0 saturated heterocycles. The van der Waals surface area contributed by atoms with Crippen molar-refractivity contribution < 1.29 is 23.1 Å². The minimum Gasteiger partial charge on any atom is -0.454 e. The van der Waals surface area contributed by atoms with E-state index in [0.29, 0.717) is 12.1 Å². The molecule has 0 bridgehead atoms. The second kappa shape index (κ2) is 8.74. The van der Waals surface area contributed by atoms with Crippen molar-refractivity contribution in [3.8, 4) is 23.0 Å². The molecule has 0 aliphatic carbocycles. The average molecular weight is 466 g/mol. The highest BCUT2D eigenvalue weighted by Crippen LogP contribution is 2.33. The fraction of sp³-hybridized carbons (Fsp3) is 0.208. The molecule has 0 N–H and O–H groups in total. The molecular formula is C24H20FN3O4S. The van der Waals surface area contributed by atoms with Crippen molar-refractivity contribution in [2.75, 3.05) is 12.5 Å². The predicted octanol–water partition coefficient (Wildman–Crippen LogP) is 5.05. The molecule has 0 atom stereocenters. The maximum Gasteiger partial charge on any atom is 0.277 e. The summed E-state index contributed by atoms with van der Waals surface area (Å²) < 4.78 is 32.4. The topological polar surface area (TPSA) is 79.4 Å². The molecule has 2 aromatic heterocycles. The van der Waals surface area contributed by atoms with Crippen LogP contribution in [0.5, 0.6) is 11.5 Å². The van der Waals surface area contributed by atoms with Crippen LogP contribution in [-0.4, -0.2) is 33.1 Å². The summed E-state index contributed by atoms with van der Waals surface area (Å²) in [5.74, 6) is 1.21. The van der Waals surface area contributed by atoms with Crippen LogP contribution in [0.3, 0.4) is 0 Å². The number of Topliss-reactive ketones (excluding diaryl/α,β-unsaturated/α-hetero) is 1. The number of ether oxygens (including phenoxy) is 2. The van der Waals surface area contributed by atoms with Crippen LogP contribution >= 0.6 is 11.8 Å². The summed E-state index contributed by atoms with van der Waals surface area (Å²) in [6, 6.07) is 13.9. The third kappa shape index (κ3) is 4.23. The van der Waals surface area contributed by atoms with Crippen LogP contribution in [0.1, 0.15) is 27.3 Å². The lowest BCUT2D eigenvalue weighted by molar-refractivity contribution is 0.102. The van der Waals surface area contributed by atoms with Crippen LogP contribution in [0, 0.1) is 19.7 Å². The number of thioether (sulfide) groups is 1. The molecule has 1 aliphatic rings. The van der Waals surface area contributed by atoms with E-state index < -0.39 is 5.82 Å². The van der Waals surface area contributed by atoms with Crippen molar-refractivity contribution in [3.05, 3.63) is 76.9 Å². The first kappa shape index (κ1) is 21.3. The Morgan fingerprint density at radius 3 is 2.76 bits per heavy atom. The molecule has 0 radical (unpaired) electrons. The molecule has 168 valence electrons. The number of aromatic nitrogens is 3. The second-order valence-electron chi connectivity index (χ2n) is 7.62. The second-order valence-corrected chi connectivity index (χ2v) is 8.55. The lowest BCUT2D eigenvalue weighted by Gasteiger charge is -2.10. The first-order valence-electron chi connectivity index (χ1n) is 10.3. The maximum atomic E-state index is 13.9. The molecule has 7 nitrogen and oxygen atoms in total. The standard InChI is InChI=1S/C24H20FN3O4S/c1-14-9-18(15(2)28(14)11-16-7-8-21-22(10-16)31-13-30-21)20(29)12-33-24-27-26-23(32-24)17-5-3-4-6-19(17)25/h3-10H,11-13H2,1-2H3. The molecule has 2 aromatic carbocycles. The molecule has 0 amide bonds. The van der Waals surface area contributed by atoms with Gasteiger partial charge in [0, 0.05) is 23.5 Å². The molecule has 0 fully saturated rings. The molecule has 5 rings (SSSR count). The van der Waals surface area contributed by atoms with E-state index in [2.05, 4.69) is 14.8 Å². The maximum absolute atomic E-state index is 13.9. The Bertz CT molecular complexity index is 1350. The number of carbonyl (C=O) groups excluding carboxylic acids is 1. The zero-order valence-corrected chi connectivity index (χ0v) is 18.8. The summed E-state index contributed by atoms with van der Waals surface area (Å²) in [4.78, 5) is 12.9. The quantitative estimate of drug-likeness (QED) is 0.279. The fourth-order valence-corrected chi connectivity index (χ4v) is 4.41. The van der Waals surface area contributed by atoms with Gasteiger partial charge in [-0.3, -0.25) is 4.79 Å². The Kier molecular flexibility index (Phi) is 5.63. The van der Waals surface area contributed by atoms with Gasteiger partial charge in [-0.2, -0.15) is 0 Å². The predicted molar refractivity (Wildman–Crippen MR) is 120 cm³/mol. The van der Waals surface area contributed by atoms with Gasteiger partial charge in [-0.05, 0) is 49.7 Å². The first-order chi connectivity index (χ1) is 16.0. The normalized spacial score (nSPS) is 12.3. The van der Waals surface area contributed by atoms with Gasteiger partial charge < -0.3 is 18.5 Å². The highest BCUT2D eigenvalue weighted by Gasteiger charge is 2.19. The number of halogens is 1. The third-order valence-electron chi connectivity index (χ3n) is 5.49. The monoisotopic (exact) mass is 465 g/mol. The number of rotatable bonds is 7. The summed E-state index contributed by atoms with van der Waals surface area (Å²) >= 11 is 1.13. The van der Waals surface area contributed by atoms with E-state index >= 15 is 0 Å². The molecule has 0 spiro atoms. The number of nitrogens with zero attached hydrogens (tertiary/aromatic N) is 3. The van der Waals surface area contributed by atoms with E-state index in [0.717, 1.165) is 40.2 Å². The van der Waals surface area contributed by atoms with Gasteiger partial charge in [0.05, 0.1) is 11.3 Å². The van der Waals surface area contributed by atoms with Crippen LogP contribution < -0.4 is 9.47 Å². The number of carbonyl (C=O) groups is 1. The molecular weight excluding hydrogens is 445 g/mol. The SMILES string of the molecule is Cc1cc(C(=O)CSc2nnc(-c3ccccc3F)o2)c(C)n1Cc1ccc2c(c1)OCO2. The van der Waals surface area contributed by atoms with Gasteiger partial charge in [-0.15, -0.1) is 10.2 Å². The molecule has 33 heavy (non-hydrogen) atoms. The van der Waals surface area contributed by atoms with E-state index in [4.69, 9.17) is 13.9 Å². The number of benzene rings is 2.